The average molecular weight is 261 g/mol. The number of nitrogens with two attached hydrogens (primary N) is 1. The third-order valence-electron chi connectivity index (χ3n) is 3.75. The Kier molecular flexibility index (Phi) is 4.93. The van der Waals surface area contributed by atoms with Crippen LogP contribution in [0.4, 0.5) is 0 Å². The van der Waals surface area contributed by atoms with Gasteiger partial charge in [0.15, 0.2) is 0 Å². The van der Waals surface area contributed by atoms with Crippen LogP contribution in [0.2, 0.25) is 0 Å². The first-order chi connectivity index (χ1) is 9.26. The molecule has 1 heterocycles. The summed E-state index contributed by atoms with van der Waals surface area (Å²) in [7, 11) is 0. The molecule has 1 aliphatic heterocycles. The molecule has 0 saturated carbocycles. The van der Waals surface area contributed by atoms with Crippen LogP contribution in [0.5, 0.6) is 0 Å². The van der Waals surface area contributed by atoms with Crippen LogP contribution in [0.15, 0.2) is 24.3 Å². The predicted octanol–water partition coefficient (Wildman–Crippen LogP) is 1.07. The van der Waals surface area contributed by atoms with Gasteiger partial charge in [0.25, 0.3) is 0 Å². The van der Waals surface area contributed by atoms with Crippen molar-refractivity contribution >= 4 is 5.91 Å². The highest BCUT2D eigenvalue weighted by Crippen LogP contribution is 2.28. The second-order valence-electron chi connectivity index (χ2n) is 4.94. The summed E-state index contributed by atoms with van der Waals surface area (Å²) in [6, 6.07) is 8.73. The van der Waals surface area contributed by atoms with Crippen molar-refractivity contribution in [2.75, 3.05) is 26.2 Å². The maximum Gasteiger partial charge on any atom is 0.221 e. The lowest BCUT2D eigenvalue weighted by Gasteiger charge is -2.36. The molecular weight excluding hydrogens is 238 g/mol. The van der Waals surface area contributed by atoms with Gasteiger partial charge in [0.05, 0.1) is 0 Å². The van der Waals surface area contributed by atoms with Crippen molar-refractivity contribution in [1.82, 2.24) is 10.2 Å². The molecule has 19 heavy (non-hydrogen) atoms. The van der Waals surface area contributed by atoms with Gasteiger partial charge in [-0.05, 0) is 24.5 Å². The van der Waals surface area contributed by atoms with Gasteiger partial charge in [-0.25, -0.2) is 0 Å². The van der Waals surface area contributed by atoms with E-state index in [2.05, 4.69) is 34.5 Å². The summed E-state index contributed by atoms with van der Waals surface area (Å²) >= 11 is 0. The number of carbonyl (C=O) groups is 1. The summed E-state index contributed by atoms with van der Waals surface area (Å²) in [5.74, 6) is 0.122. The van der Waals surface area contributed by atoms with E-state index in [9.17, 15) is 4.79 Å². The highest BCUT2D eigenvalue weighted by Gasteiger charge is 2.25. The molecule has 1 atom stereocenters. The zero-order valence-corrected chi connectivity index (χ0v) is 11.6. The van der Waals surface area contributed by atoms with Crippen molar-refractivity contribution in [2.45, 2.75) is 25.8 Å². The zero-order valence-electron chi connectivity index (χ0n) is 11.6. The summed E-state index contributed by atoms with van der Waals surface area (Å²) in [4.78, 5) is 13.9. The van der Waals surface area contributed by atoms with E-state index in [1.807, 2.05) is 6.92 Å². The maximum absolute atomic E-state index is 11.6. The smallest absolute Gasteiger partial charge is 0.221 e. The SMILES string of the molecule is CCNC(=O)CCN1CCc2ccccc2C1CN. The van der Waals surface area contributed by atoms with Crippen molar-refractivity contribution in [1.29, 1.82) is 0 Å². The fraction of sp³-hybridized carbons (Fsp3) is 0.533. The Labute approximate surface area is 115 Å². The molecule has 4 nitrogen and oxygen atoms in total. The van der Waals surface area contributed by atoms with Gasteiger partial charge in [-0.1, -0.05) is 24.3 Å². The molecule has 1 aromatic carbocycles. The lowest BCUT2D eigenvalue weighted by atomic mass is 9.92. The average Bonchev–Trinajstić information content (AvgIpc) is 2.44. The summed E-state index contributed by atoms with van der Waals surface area (Å²) in [5, 5.41) is 2.84. The molecule has 0 fully saturated rings. The summed E-state index contributed by atoms with van der Waals surface area (Å²) in [6.07, 6.45) is 1.59. The van der Waals surface area contributed by atoms with Gasteiger partial charge in [0.2, 0.25) is 5.91 Å². The van der Waals surface area contributed by atoms with Gasteiger partial charge < -0.3 is 11.1 Å². The predicted molar refractivity (Wildman–Crippen MR) is 76.8 cm³/mol. The van der Waals surface area contributed by atoms with Gasteiger partial charge in [-0.15, -0.1) is 0 Å². The van der Waals surface area contributed by atoms with E-state index in [-0.39, 0.29) is 11.9 Å². The maximum atomic E-state index is 11.6. The standard InChI is InChI=1S/C15H23N3O/c1-2-17-15(19)8-10-18-9-7-12-5-3-4-6-13(12)14(18)11-16/h3-6,14H,2,7-11,16H2,1H3,(H,17,19). The van der Waals surface area contributed by atoms with Crippen molar-refractivity contribution in [3.05, 3.63) is 35.4 Å². The molecule has 0 radical (unpaired) electrons. The normalized spacial score (nSPS) is 18.9. The van der Waals surface area contributed by atoms with E-state index in [1.54, 1.807) is 0 Å². The molecule has 1 amide bonds. The third-order valence-corrected chi connectivity index (χ3v) is 3.75. The molecule has 0 spiro atoms. The Morgan fingerprint density at radius 1 is 1.47 bits per heavy atom. The van der Waals surface area contributed by atoms with Crippen LogP contribution < -0.4 is 11.1 Å². The molecular formula is C15H23N3O. The molecule has 1 aromatic rings. The van der Waals surface area contributed by atoms with Gasteiger partial charge >= 0.3 is 0 Å². The van der Waals surface area contributed by atoms with Crippen molar-refractivity contribution in [2.24, 2.45) is 5.73 Å². The highest BCUT2D eigenvalue weighted by molar-refractivity contribution is 5.75. The van der Waals surface area contributed by atoms with Crippen LogP contribution in [0.25, 0.3) is 0 Å². The highest BCUT2D eigenvalue weighted by atomic mass is 16.1. The van der Waals surface area contributed by atoms with Gasteiger partial charge in [-0.2, -0.15) is 0 Å². The quantitative estimate of drug-likeness (QED) is 0.833. The van der Waals surface area contributed by atoms with Gasteiger partial charge in [0, 0.05) is 38.6 Å². The monoisotopic (exact) mass is 261 g/mol. The Bertz CT molecular complexity index is 433. The molecule has 0 bridgehead atoms. The number of hydrogen-bond donors (Lipinski definition) is 2. The van der Waals surface area contributed by atoms with E-state index in [0.717, 1.165) is 19.5 Å². The second-order valence-corrected chi connectivity index (χ2v) is 4.94. The minimum atomic E-state index is 0.122. The van der Waals surface area contributed by atoms with E-state index < -0.39 is 0 Å². The lowest BCUT2D eigenvalue weighted by molar-refractivity contribution is -0.121. The first kappa shape index (κ1) is 14.0. The molecule has 4 heteroatoms. The number of nitrogens with one attached hydrogen (secondary N) is 1. The van der Waals surface area contributed by atoms with Crippen molar-refractivity contribution in [3.8, 4) is 0 Å². The number of nitrogens with zero attached hydrogens (tertiary/aromatic N) is 1. The van der Waals surface area contributed by atoms with E-state index in [1.165, 1.54) is 11.1 Å². The first-order valence-electron chi connectivity index (χ1n) is 7.05. The van der Waals surface area contributed by atoms with Crippen LogP contribution >= 0.6 is 0 Å². The summed E-state index contributed by atoms with van der Waals surface area (Å²) in [6.45, 7) is 5.01. The van der Waals surface area contributed by atoms with Crippen LogP contribution in [0.3, 0.4) is 0 Å². The summed E-state index contributed by atoms with van der Waals surface area (Å²) < 4.78 is 0. The Balaban J connectivity index is 2.01. The molecule has 0 saturated heterocycles. The Hall–Kier alpha value is -1.39. The molecule has 0 aromatic heterocycles. The molecule has 104 valence electrons. The minimum Gasteiger partial charge on any atom is -0.356 e. The van der Waals surface area contributed by atoms with Crippen LogP contribution in [0.1, 0.15) is 30.5 Å². The number of carbonyl (C=O) groups excluding carboxylic acids is 1. The lowest BCUT2D eigenvalue weighted by Crippen LogP contribution is -2.41. The Morgan fingerprint density at radius 3 is 3.00 bits per heavy atom. The molecule has 0 aliphatic carbocycles. The number of fused-ring (bicyclic) bond motifs is 1. The third kappa shape index (κ3) is 3.33. The van der Waals surface area contributed by atoms with Crippen molar-refractivity contribution in [3.63, 3.8) is 0 Å². The fourth-order valence-electron chi connectivity index (χ4n) is 2.78. The minimum absolute atomic E-state index is 0.122. The molecule has 1 unspecified atom stereocenters. The molecule has 2 rings (SSSR count). The number of amides is 1. The molecule has 1 aliphatic rings. The van der Waals surface area contributed by atoms with E-state index >= 15 is 0 Å². The number of benzene rings is 1. The van der Waals surface area contributed by atoms with Crippen molar-refractivity contribution < 1.29 is 4.79 Å². The summed E-state index contributed by atoms with van der Waals surface area (Å²) in [5.41, 5.74) is 8.65. The number of rotatable bonds is 5. The van der Waals surface area contributed by atoms with E-state index in [0.29, 0.717) is 19.5 Å². The largest absolute Gasteiger partial charge is 0.356 e. The van der Waals surface area contributed by atoms with Crippen LogP contribution in [-0.2, 0) is 11.2 Å². The molecule has 3 N–H and O–H groups in total. The first-order valence-corrected chi connectivity index (χ1v) is 7.05. The van der Waals surface area contributed by atoms with Gasteiger partial charge in [0.1, 0.15) is 0 Å². The topological polar surface area (TPSA) is 58.4 Å². The fourth-order valence-corrected chi connectivity index (χ4v) is 2.78. The van der Waals surface area contributed by atoms with E-state index in [4.69, 9.17) is 5.73 Å². The van der Waals surface area contributed by atoms with Gasteiger partial charge in [-0.3, -0.25) is 9.69 Å². The van der Waals surface area contributed by atoms with Crippen LogP contribution in [-0.4, -0.2) is 37.0 Å². The zero-order chi connectivity index (χ0) is 13.7. The second kappa shape index (κ2) is 6.68. The number of hydrogen-bond acceptors (Lipinski definition) is 3. The van der Waals surface area contributed by atoms with Crippen LogP contribution in [0, 0.1) is 0 Å². The Morgan fingerprint density at radius 2 is 2.26 bits per heavy atom.